The molecule has 0 spiro atoms. The van der Waals surface area contributed by atoms with Gasteiger partial charge in [0, 0.05) is 10.7 Å². The number of alkyl halides is 4. The van der Waals surface area contributed by atoms with Crippen molar-refractivity contribution in [2.24, 2.45) is 5.41 Å². The van der Waals surface area contributed by atoms with Gasteiger partial charge in [-0.1, -0.05) is 28.8 Å². The zero-order valence-electron chi connectivity index (χ0n) is 11.3. The number of rotatable bonds is 4. The summed E-state index contributed by atoms with van der Waals surface area (Å²) in [5.74, 6) is -0.200. The third kappa shape index (κ3) is 3.70. The molecule has 0 amide bonds. The van der Waals surface area contributed by atoms with Crippen LogP contribution in [0.1, 0.15) is 36.8 Å². The zero-order chi connectivity index (χ0) is 15.5. The van der Waals surface area contributed by atoms with Crippen LogP contribution in [0.4, 0.5) is 13.2 Å². The van der Waals surface area contributed by atoms with E-state index in [2.05, 4.69) is 15.9 Å². The smallest absolute Gasteiger partial charge is 0.420 e. The number of nitrogens with zero attached hydrogens (tertiary/aromatic N) is 1. The van der Waals surface area contributed by atoms with Gasteiger partial charge in [0.1, 0.15) is 5.75 Å². The van der Waals surface area contributed by atoms with Crippen molar-refractivity contribution in [3.05, 3.63) is 29.3 Å². The summed E-state index contributed by atoms with van der Waals surface area (Å²) < 4.78 is 44.6. The van der Waals surface area contributed by atoms with Crippen LogP contribution >= 0.6 is 15.9 Å². The Bertz CT molecular complexity index is 545. The Balaban J connectivity index is 2.22. The van der Waals surface area contributed by atoms with Crippen LogP contribution in [0.2, 0.25) is 0 Å². The molecular weight excluding hydrogens is 347 g/mol. The van der Waals surface area contributed by atoms with Gasteiger partial charge in [-0.2, -0.15) is 18.4 Å². The van der Waals surface area contributed by atoms with E-state index in [0.717, 1.165) is 37.1 Å². The number of nitriles is 1. The van der Waals surface area contributed by atoms with Gasteiger partial charge in [-0.05, 0) is 31.0 Å². The maximum Gasteiger partial charge on any atom is 0.420 e. The first kappa shape index (κ1) is 16.2. The first-order valence-corrected chi connectivity index (χ1v) is 7.82. The molecule has 0 heterocycles. The number of ether oxygens (including phenoxy) is 1. The van der Waals surface area contributed by atoms with Crippen molar-refractivity contribution in [2.45, 2.75) is 31.9 Å². The molecule has 1 aliphatic rings. The maximum atomic E-state index is 13.0. The fraction of sp³-hybridized carbons (Fsp3) is 0.533. The van der Waals surface area contributed by atoms with Crippen molar-refractivity contribution >= 4 is 15.9 Å². The fourth-order valence-corrected chi connectivity index (χ4v) is 3.34. The van der Waals surface area contributed by atoms with Crippen LogP contribution in [0, 0.1) is 16.7 Å². The lowest BCUT2D eigenvalue weighted by Crippen LogP contribution is -2.27. The molecule has 2 rings (SSSR count). The van der Waals surface area contributed by atoms with Crippen molar-refractivity contribution in [1.29, 1.82) is 5.26 Å². The Morgan fingerprint density at radius 2 is 1.95 bits per heavy atom. The van der Waals surface area contributed by atoms with Crippen LogP contribution in [0.3, 0.4) is 0 Å². The van der Waals surface area contributed by atoms with Gasteiger partial charge in [-0.25, -0.2) is 0 Å². The van der Waals surface area contributed by atoms with Crippen LogP contribution in [0.25, 0.3) is 0 Å². The van der Waals surface area contributed by atoms with E-state index < -0.39 is 11.7 Å². The highest BCUT2D eigenvalue weighted by molar-refractivity contribution is 9.09. The second-order valence-corrected chi connectivity index (χ2v) is 6.01. The minimum absolute atomic E-state index is 0.0225. The third-order valence-electron chi connectivity index (χ3n) is 3.90. The minimum atomic E-state index is -4.53. The summed E-state index contributed by atoms with van der Waals surface area (Å²) in [5, 5.41) is 9.46. The molecule has 0 aromatic heterocycles. The van der Waals surface area contributed by atoms with E-state index >= 15 is 0 Å². The first-order valence-electron chi connectivity index (χ1n) is 6.70. The summed E-state index contributed by atoms with van der Waals surface area (Å²) >= 11 is 3.44. The second-order valence-electron chi connectivity index (χ2n) is 5.45. The first-order chi connectivity index (χ1) is 9.90. The van der Waals surface area contributed by atoms with Gasteiger partial charge in [-0.15, -0.1) is 0 Å². The summed E-state index contributed by atoms with van der Waals surface area (Å²) in [6.45, 7) is 0.257. The maximum absolute atomic E-state index is 13.0. The van der Waals surface area contributed by atoms with Gasteiger partial charge in [0.15, 0.2) is 0 Å². The molecule has 1 aromatic rings. The summed E-state index contributed by atoms with van der Waals surface area (Å²) in [5.41, 5.74) is -0.994. The van der Waals surface area contributed by atoms with E-state index in [1.165, 1.54) is 12.1 Å². The van der Waals surface area contributed by atoms with Gasteiger partial charge < -0.3 is 4.74 Å². The molecule has 21 heavy (non-hydrogen) atoms. The molecule has 0 saturated heterocycles. The van der Waals surface area contributed by atoms with Crippen LogP contribution in [0.5, 0.6) is 5.75 Å². The SMILES string of the molecule is N#Cc1ccc(OCC2(CBr)CCCC2)c(C(F)(F)F)c1. The van der Waals surface area contributed by atoms with E-state index in [4.69, 9.17) is 10.00 Å². The lowest BCUT2D eigenvalue weighted by atomic mass is 9.90. The number of hydrogen-bond donors (Lipinski definition) is 0. The minimum Gasteiger partial charge on any atom is -0.492 e. The average molecular weight is 362 g/mol. The third-order valence-corrected chi connectivity index (χ3v) is 5.09. The van der Waals surface area contributed by atoms with Crippen molar-refractivity contribution in [1.82, 2.24) is 0 Å². The molecule has 0 atom stereocenters. The molecule has 0 unspecified atom stereocenters. The van der Waals surface area contributed by atoms with E-state index in [0.29, 0.717) is 0 Å². The summed E-state index contributed by atoms with van der Waals surface area (Å²) in [7, 11) is 0. The van der Waals surface area contributed by atoms with Gasteiger partial charge in [0.05, 0.1) is 23.8 Å². The van der Waals surface area contributed by atoms with E-state index in [1.54, 1.807) is 6.07 Å². The second kappa shape index (κ2) is 6.27. The van der Waals surface area contributed by atoms with Gasteiger partial charge >= 0.3 is 6.18 Å². The summed E-state index contributed by atoms with van der Waals surface area (Å²) in [6, 6.07) is 5.14. The van der Waals surface area contributed by atoms with Crippen LogP contribution in [-0.4, -0.2) is 11.9 Å². The molecule has 0 bridgehead atoms. The summed E-state index contributed by atoms with van der Waals surface area (Å²) in [6.07, 6.45) is -0.464. The van der Waals surface area contributed by atoms with Crippen LogP contribution in [-0.2, 0) is 6.18 Å². The standard InChI is InChI=1S/C15H15BrF3NO/c16-9-14(5-1-2-6-14)10-21-13-4-3-11(8-20)7-12(13)15(17,18)19/h3-4,7H,1-2,5-6,9-10H2. The molecule has 114 valence electrons. The van der Waals surface area contributed by atoms with Crippen molar-refractivity contribution in [2.75, 3.05) is 11.9 Å². The largest absolute Gasteiger partial charge is 0.492 e. The molecule has 1 fully saturated rings. The van der Waals surface area contributed by atoms with Crippen molar-refractivity contribution < 1.29 is 17.9 Å². The van der Waals surface area contributed by atoms with E-state index in [1.807, 2.05) is 0 Å². The normalized spacial score (nSPS) is 17.5. The fourth-order valence-electron chi connectivity index (χ4n) is 2.62. The Morgan fingerprint density at radius 3 is 2.48 bits per heavy atom. The summed E-state index contributed by atoms with van der Waals surface area (Å²) in [4.78, 5) is 0. The molecule has 2 nitrogen and oxygen atoms in total. The Hall–Kier alpha value is -1.22. The molecule has 0 aliphatic heterocycles. The molecule has 6 heteroatoms. The molecule has 0 N–H and O–H groups in total. The van der Waals surface area contributed by atoms with Crippen LogP contribution in [0.15, 0.2) is 18.2 Å². The average Bonchev–Trinajstić information content (AvgIpc) is 2.93. The molecular formula is C15H15BrF3NO. The van der Waals surface area contributed by atoms with E-state index in [9.17, 15) is 13.2 Å². The molecule has 1 aliphatic carbocycles. The topological polar surface area (TPSA) is 33.0 Å². The predicted octanol–water partition coefficient (Wildman–Crippen LogP) is 4.91. The lowest BCUT2D eigenvalue weighted by Gasteiger charge is -2.27. The van der Waals surface area contributed by atoms with Gasteiger partial charge in [0.2, 0.25) is 0 Å². The van der Waals surface area contributed by atoms with Crippen molar-refractivity contribution in [3.8, 4) is 11.8 Å². The van der Waals surface area contributed by atoms with Crippen LogP contribution < -0.4 is 4.74 Å². The number of halogens is 4. The highest BCUT2D eigenvalue weighted by Crippen LogP contribution is 2.42. The molecule has 1 saturated carbocycles. The van der Waals surface area contributed by atoms with E-state index in [-0.39, 0.29) is 23.3 Å². The predicted molar refractivity (Wildman–Crippen MR) is 76.3 cm³/mol. The monoisotopic (exact) mass is 361 g/mol. The highest BCUT2D eigenvalue weighted by atomic mass is 79.9. The number of hydrogen-bond acceptors (Lipinski definition) is 2. The Labute approximate surface area is 130 Å². The van der Waals surface area contributed by atoms with Crippen molar-refractivity contribution in [3.63, 3.8) is 0 Å². The Kier molecular flexibility index (Phi) is 4.82. The molecule has 0 radical (unpaired) electrons. The zero-order valence-corrected chi connectivity index (χ0v) is 12.9. The Morgan fingerprint density at radius 1 is 1.29 bits per heavy atom. The lowest BCUT2D eigenvalue weighted by molar-refractivity contribution is -0.139. The molecule has 1 aromatic carbocycles. The van der Waals surface area contributed by atoms with Gasteiger partial charge in [0.25, 0.3) is 0 Å². The number of benzene rings is 1. The van der Waals surface area contributed by atoms with Gasteiger partial charge in [-0.3, -0.25) is 0 Å². The highest BCUT2D eigenvalue weighted by Gasteiger charge is 2.37. The quantitative estimate of drug-likeness (QED) is 0.713.